The molecule has 0 spiro atoms. The molecular weight excluding hydrogens is 308 g/mol. The molecular formula is C17H20N4O3. The lowest BCUT2D eigenvalue weighted by molar-refractivity contribution is -0.117. The van der Waals surface area contributed by atoms with Gasteiger partial charge in [0.1, 0.15) is 23.9 Å². The summed E-state index contributed by atoms with van der Waals surface area (Å²) >= 11 is 0. The molecule has 1 aliphatic rings. The van der Waals surface area contributed by atoms with Gasteiger partial charge in [-0.05, 0) is 49.2 Å². The number of amides is 1. The number of carbonyl (C=O) groups is 1. The van der Waals surface area contributed by atoms with Gasteiger partial charge >= 0.3 is 0 Å². The van der Waals surface area contributed by atoms with Crippen molar-refractivity contribution >= 4 is 17.5 Å². The van der Waals surface area contributed by atoms with Crippen LogP contribution in [0.4, 0.5) is 11.6 Å². The summed E-state index contributed by atoms with van der Waals surface area (Å²) < 4.78 is 10.7. The summed E-state index contributed by atoms with van der Waals surface area (Å²) in [5, 5.41) is 13.9. The average Bonchev–Trinajstić information content (AvgIpc) is 3.46. The summed E-state index contributed by atoms with van der Waals surface area (Å²) in [6.07, 6.45) is 1.93. The van der Waals surface area contributed by atoms with E-state index in [1.54, 1.807) is 19.2 Å². The van der Waals surface area contributed by atoms with E-state index in [0.717, 1.165) is 24.3 Å². The maximum Gasteiger partial charge on any atom is 0.228 e. The number of nitrogens with one attached hydrogen (secondary N) is 2. The number of nitrogens with zero attached hydrogens (tertiary/aromatic N) is 2. The first-order valence-electron chi connectivity index (χ1n) is 7.90. The van der Waals surface area contributed by atoms with Crippen molar-refractivity contribution < 1.29 is 14.3 Å². The first-order chi connectivity index (χ1) is 11.7. The molecule has 0 unspecified atom stereocenters. The Bertz CT molecular complexity index is 669. The van der Waals surface area contributed by atoms with Gasteiger partial charge in [0, 0.05) is 5.92 Å². The molecule has 1 amide bonds. The normalized spacial score (nSPS) is 13.2. The highest BCUT2D eigenvalue weighted by atomic mass is 16.5. The molecule has 1 fully saturated rings. The van der Waals surface area contributed by atoms with E-state index in [2.05, 4.69) is 20.8 Å². The standard InChI is InChI=1S/C17H20N4O3/c1-23-13-4-6-14(7-5-13)24-11-10-18-15-8-9-16(21-20-15)19-17(22)12-2-3-12/h4-9,12H,2-3,10-11H2,1H3,(H,18,20)(H,19,21,22). The quantitative estimate of drug-likeness (QED) is 0.723. The van der Waals surface area contributed by atoms with E-state index in [4.69, 9.17) is 9.47 Å². The number of benzene rings is 1. The van der Waals surface area contributed by atoms with Crippen molar-refractivity contribution in [3.8, 4) is 11.5 Å². The first kappa shape index (κ1) is 16.0. The van der Waals surface area contributed by atoms with Crippen molar-refractivity contribution in [1.82, 2.24) is 10.2 Å². The predicted molar refractivity (Wildman–Crippen MR) is 90.4 cm³/mol. The molecule has 0 radical (unpaired) electrons. The third-order valence-corrected chi connectivity index (χ3v) is 3.60. The van der Waals surface area contributed by atoms with Crippen molar-refractivity contribution in [1.29, 1.82) is 0 Å². The molecule has 3 rings (SSSR count). The van der Waals surface area contributed by atoms with Crippen molar-refractivity contribution in [3.63, 3.8) is 0 Å². The van der Waals surface area contributed by atoms with Crippen LogP contribution in [0.15, 0.2) is 36.4 Å². The number of methoxy groups -OCH3 is 1. The largest absolute Gasteiger partial charge is 0.497 e. The molecule has 1 aromatic heterocycles. The molecule has 1 heterocycles. The van der Waals surface area contributed by atoms with Gasteiger partial charge in [0.05, 0.1) is 13.7 Å². The molecule has 0 saturated heterocycles. The number of hydrogen-bond donors (Lipinski definition) is 2. The zero-order valence-electron chi connectivity index (χ0n) is 13.5. The Balaban J connectivity index is 1.38. The number of rotatable bonds is 8. The maximum atomic E-state index is 11.6. The summed E-state index contributed by atoms with van der Waals surface area (Å²) in [5.74, 6) is 2.87. The summed E-state index contributed by atoms with van der Waals surface area (Å²) in [5.41, 5.74) is 0. The van der Waals surface area contributed by atoms with Crippen LogP contribution in [0.5, 0.6) is 11.5 Å². The first-order valence-corrected chi connectivity index (χ1v) is 7.90. The topological polar surface area (TPSA) is 85.4 Å². The van der Waals surface area contributed by atoms with Crippen molar-refractivity contribution in [2.75, 3.05) is 30.9 Å². The second-order valence-corrected chi connectivity index (χ2v) is 5.52. The summed E-state index contributed by atoms with van der Waals surface area (Å²) in [4.78, 5) is 11.6. The van der Waals surface area contributed by atoms with Crippen LogP contribution in [0.3, 0.4) is 0 Å². The van der Waals surface area contributed by atoms with Crippen molar-refractivity contribution in [2.24, 2.45) is 5.92 Å². The van der Waals surface area contributed by atoms with Crippen LogP contribution in [0.2, 0.25) is 0 Å². The molecule has 7 heteroatoms. The van der Waals surface area contributed by atoms with E-state index in [9.17, 15) is 4.79 Å². The van der Waals surface area contributed by atoms with Gasteiger partial charge < -0.3 is 20.1 Å². The van der Waals surface area contributed by atoms with Gasteiger partial charge in [0.25, 0.3) is 0 Å². The second kappa shape index (κ2) is 7.63. The van der Waals surface area contributed by atoms with Gasteiger partial charge in [-0.2, -0.15) is 0 Å². The lowest BCUT2D eigenvalue weighted by atomic mass is 10.3. The minimum Gasteiger partial charge on any atom is -0.497 e. The predicted octanol–water partition coefficient (Wildman–Crippen LogP) is 2.32. The highest BCUT2D eigenvalue weighted by Gasteiger charge is 2.29. The lowest BCUT2D eigenvalue weighted by Gasteiger charge is -2.09. The van der Waals surface area contributed by atoms with E-state index in [1.165, 1.54) is 0 Å². The molecule has 24 heavy (non-hydrogen) atoms. The zero-order valence-corrected chi connectivity index (χ0v) is 13.5. The van der Waals surface area contributed by atoms with Gasteiger partial charge in [-0.15, -0.1) is 10.2 Å². The molecule has 1 aliphatic carbocycles. The number of carbonyl (C=O) groups excluding carboxylic acids is 1. The average molecular weight is 328 g/mol. The van der Waals surface area contributed by atoms with Gasteiger partial charge in [-0.3, -0.25) is 4.79 Å². The van der Waals surface area contributed by atoms with Crippen LogP contribution in [-0.2, 0) is 4.79 Å². The third-order valence-electron chi connectivity index (χ3n) is 3.60. The SMILES string of the molecule is COc1ccc(OCCNc2ccc(NC(=O)C3CC3)nn2)cc1. The van der Waals surface area contributed by atoms with Gasteiger partial charge in [0.15, 0.2) is 5.82 Å². The minimum atomic E-state index is 0.0258. The molecule has 1 aromatic carbocycles. The third kappa shape index (κ3) is 4.58. The fourth-order valence-corrected chi connectivity index (χ4v) is 2.09. The zero-order chi connectivity index (χ0) is 16.8. The Kier molecular flexibility index (Phi) is 5.10. The van der Waals surface area contributed by atoms with Crippen molar-refractivity contribution in [2.45, 2.75) is 12.8 Å². The van der Waals surface area contributed by atoms with E-state index in [-0.39, 0.29) is 11.8 Å². The number of aromatic nitrogens is 2. The van der Waals surface area contributed by atoms with Gasteiger partial charge in [0.2, 0.25) is 5.91 Å². The Morgan fingerprint density at radius 2 is 1.75 bits per heavy atom. The van der Waals surface area contributed by atoms with Crippen LogP contribution in [0, 0.1) is 5.92 Å². The molecule has 7 nitrogen and oxygen atoms in total. The monoisotopic (exact) mass is 328 g/mol. The summed E-state index contributed by atoms with van der Waals surface area (Å²) in [6, 6.07) is 10.9. The van der Waals surface area contributed by atoms with Crippen LogP contribution in [-0.4, -0.2) is 36.4 Å². The van der Waals surface area contributed by atoms with E-state index in [1.807, 2.05) is 24.3 Å². The Morgan fingerprint density at radius 3 is 2.38 bits per heavy atom. The molecule has 0 bridgehead atoms. The Morgan fingerprint density at radius 1 is 1.08 bits per heavy atom. The smallest absolute Gasteiger partial charge is 0.228 e. The molecule has 2 N–H and O–H groups in total. The number of ether oxygens (including phenoxy) is 2. The van der Waals surface area contributed by atoms with E-state index < -0.39 is 0 Å². The maximum absolute atomic E-state index is 11.6. The summed E-state index contributed by atoms with van der Waals surface area (Å²) in [6.45, 7) is 1.09. The number of hydrogen-bond acceptors (Lipinski definition) is 6. The number of anilines is 2. The highest BCUT2D eigenvalue weighted by Crippen LogP contribution is 2.29. The van der Waals surface area contributed by atoms with E-state index >= 15 is 0 Å². The van der Waals surface area contributed by atoms with Crippen LogP contribution in [0.25, 0.3) is 0 Å². The lowest BCUT2D eigenvalue weighted by Crippen LogP contribution is -2.16. The molecule has 0 aliphatic heterocycles. The molecule has 126 valence electrons. The Labute approximate surface area is 140 Å². The molecule has 1 saturated carbocycles. The van der Waals surface area contributed by atoms with E-state index in [0.29, 0.717) is 24.8 Å². The van der Waals surface area contributed by atoms with Crippen LogP contribution < -0.4 is 20.1 Å². The molecule has 0 atom stereocenters. The summed E-state index contributed by atoms with van der Waals surface area (Å²) in [7, 11) is 1.63. The van der Waals surface area contributed by atoms with Gasteiger partial charge in [-0.25, -0.2) is 0 Å². The minimum absolute atomic E-state index is 0.0258. The fraction of sp³-hybridized carbons (Fsp3) is 0.353. The molecule has 2 aromatic rings. The second-order valence-electron chi connectivity index (χ2n) is 5.52. The fourth-order valence-electron chi connectivity index (χ4n) is 2.09. The Hall–Kier alpha value is -2.83. The highest BCUT2D eigenvalue weighted by molar-refractivity contribution is 5.93. The van der Waals surface area contributed by atoms with Gasteiger partial charge in [-0.1, -0.05) is 0 Å². The van der Waals surface area contributed by atoms with Crippen LogP contribution in [0.1, 0.15) is 12.8 Å². The van der Waals surface area contributed by atoms with Crippen LogP contribution >= 0.6 is 0 Å². The van der Waals surface area contributed by atoms with Crippen molar-refractivity contribution in [3.05, 3.63) is 36.4 Å².